The first-order chi connectivity index (χ1) is 6.77. The molecule has 0 aliphatic heterocycles. The Morgan fingerprint density at radius 1 is 1.50 bits per heavy atom. The molecule has 0 bridgehead atoms. The first kappa shape index (κ1) is 10.8. The summed E-state index contributed by atoms with van der Waals surface area (Å²) < 4.78 is 18.0. The summed E-state index contributed by atoms with van der Waals surface area (Å²) in [6.07, 6.45) is 4.73. The number of halogens is 1. The highest BCUT2D eigenvalue weighted by Crippen LogP contribution is 2.18. The summed E-state index contributed by atoms with van der Waals surface area (Å²) in [7, 11) is 1.47. The lowest BCUT2D eigenvalue weighted by molar-refractivity contribution is 0.386. The van der Waals surface area contributed by atoms with Gasteiger partial charge in [0.1, 0.15) is 0 Å². The van der Waals surface area contributed by atoms with Crippen LogP contribution in [0.5, 0.6) is 5.75 Å². The SMILES string of the molecule is C=CCCCc1ccc(OC)c(F)c1. The lowest BCUT2D eigenvalue weighted by Gasteiger charge is -2.04. The number of benzene rings is 1. The van der Waals surface area contributed by atoms with Gasteiger partial charge in [-0.3, -0.25) is 0 Å². The molecule has 0 spiro atoms. The van der Waals surface area contributed by atoms with Gasteiger partial charge >= 0.3 is 0 Å². The van der Waals surface area contributed by atoms with E-state index < -0.39 is 0 Å². The number of allylic oxidation sites excluding steroid dienone is 1. The summed E-state index contributed by atoms with van der Waals surface area (Å²) in [4.78, 5) is 0. The molecule has 0 heterocycles. The van der Waals surface area contributed by atoms with Gasteiger partial charge in [-0.25, -0.2) is 4.39 Å². The molecule has 0 N–H and O–H groups in total. The monoisotopic (exact) mass is 194 g/mol. The van der Waals surface area contributed by atoms with E-state index >= 15 is 0 Å². The van der Waals surface area contributed by atoms with Gasteiger partial charge in [0.2, 0.25) is 0 Å². The highest BCUT2D eigenvalue weighted by molar-refractivity contribution is 5.29. The predicted octanol–water partition coefficient (Wildman–Crippen LogP) is 3.34. The van der Waals surface area contributed by atoms with Crippen molar-refractivity contribution in [3.63, 3.8) is 0 Å². The summed E-state index contributed by atoms with van der Waals surface area (Å²) in [6.45, 7) is 3.64. The Labute approximate surface area is 84.2 Å². The van der Waals surface area contributed by atoms with Crippen molar-refractivity contribution in [3.05, 3.63) is 42.2 Å². The van der Waals surface area contributed by atoms with Crippen LogP contribution in [-0.4, -0.2) is 7.11 Å². The highest BCUT2D eigenvalue weighted by atomic mass is 19.1. The fourth-order valence-electron chi connectivity index (χ4n) is 1.32. The molecule has 0 aliphatic carbocycles. The summed E-state index contributed by atoms with van der Waals surface area (Å²) in [5, 5.41) is 0. The number of methoxy groups -OCH3 is 1. The van der Waals surface area contributed by atoms with Gasteiger partial charge in [-0.1, -0.05) is 12.1 Å². The molecule has 1 rings (SSSR count). The van der Waals surface area contributed by atoms with Crippen molar-refractivity contribution in [3.8, 4) is 5.75 Å². The molecule has 0 aliphatic rings. The Morgan fingerprint density at radius 2 is 2.29 bits per heavy atom. The normalized spacial score (nSPS) is 9.86. The van der Waals surface area contributed by atoms with Crippen molar-refractivity contribution in [2.45, 2.75) is 19.3 Å². The Hall–Kier alpha value is -1.31. The van der Waals surface area contributed by atoms with Crippen LogP contribution in [0.4, 0.5) is 4.39 Å². The molecule has 1 aromatic carbocycles. The third kappa shape index (κ3) is 2.87. The number of hydrogen-bond acceptors (Lipinski definition) is 1. The second-order valence-electron chi connectivity index (χ2n) is 3.15. The first-order valence-electron chi connectivity index (χ1n) is 4.71. The van der Waals surface area contributed by atoms with Crippen LogP contribution < -0.4 is 4.74 Å². The summed E-state index contributed by atoms with van der Waals surface area (Å²) in [5.41, 5.74) is 1.00. The molecule has 0 saturated carbocycles. The topological polar surface area (TPSA) is 9.23 Å². The largest absolute Gasteiger partial charge is 0.494 e. The van der Waals surface area contributed by atoms with Crippen molar-refractivity contribution in [1.29, 1.82) is 0 Å². The maximum Gasteiger partial charge on any atom is 0.165 e. The Balaban J connectivity index is 2.61. The molecular formula is C12H15FO. The van der Waals surface area contributed by atoms with Gasteiger partial charge in [0.15, 0.2) is 11.6 Å². The third-order valence-electron chi connectivity index (χ3n) is 2.09. The number of unbranched alkanes of at least 4 members (excludes halogenated alkanes) is 1. The zero-order valence-electron chi connectivity index (χ0n) is 8.42. The minimum absolute atomic E-state index is 0.288. The van der Waals surface area contributed by atoms with Crippen LogP contribution in [0.3, 0.4) is 0 Å². The van der Waals surface area contributed by atoms with Crippen molar-refractivity contribution in [2.24, 2.45) is 0 Å². The molecule has 76 valence electrons. The van der Waals surface area contributed by atoms with Gasteiger partial charge in [-0.15, -0.1) is 6.58 Å². The number of aryl methyl sites for hydroxylation is 1. The van der Waals surface area contributed by atoms with E-state index in [9.17, 15) is 4.39 Å². The van der Waals surface area contributed by atoms with Gasteiger partial charge in [0, 0.05) is 0 Å². The molecular weight excluding hydrogens is 179 g/mol. The second kappa shape index (κ2) is 5.43. The molecule has 1 aromatic rings. The molecule has 0 fully saturated rings. The smallest absolute Gasteiger partial charge is 0.165 e. The van der Waals surface area contributed by atoms with E-state index in [0.717, 1.165) is 24.8 Å². The standard InChI is InChI=1S/C12H15FO/c1-3-4-5-6-10-7-8-12(14-2)11(13)9-10/h3,7-9H,1,4-6H2,2H3. The lowest BCUT2D eigenvalue weighted by Crippen LogP contribution is -1.91. The Bertz CT molecular complexity index is 307. The molecule has 0 unspecified atom stereocenters. The fraction of sp³-hybridized carbons (Fsp3) is 0.333. The van der Waals surface area contributed by atoms with Crippen LogP contribution in [0.15, 0.2) is 30.9 Å². The van der Waals surface area contributed by atoms with E-state index in [-0.39, 0.29) is 5.82 Å². The minimum atomic E-state index is -0.288. The van der Waals surface area contributed by atoms with Crippen molar-refractivity contribution in [1.82, 2.24) is 0 Å². The average molecular weight is 194 g/mol. The molecule has 1 nitrogen and oxygen atoms in total. The fourth-order valence-corrected chi connectivity index (χ4v) is 1.32. The second-order valence-corrected chi connectivity index (χ2v) is 3.15. The Kier molecular flexibility index (Phi) is 4.17. The van der Waals surface area contributed by atoms with Gasteiger partial charge < -0.3 is 4.74 Å². The van der Waals surface area contributed by atoms with E-state index in [1.165, 1.54) is 13.2 Å². The van der Waals surface area contributed by atoms with Crippen LogP contribution in [0.1, 0.15) is 18.4 Å². The quantitative estimate of drug-likeness (QED) is 0.516. The van der Waals surface area contributed by atoms with E-state index in [0.29, 0.717) is 5.75 Å². The van der Waals surface area contributed by atoms with Crippen LogP contribution >= 0.6 is 0 Å². The number of rotatable bonds is 5. The van der Waals surface area contributed by atoms with Crippen LogP contribution in [0.25, 0.3) is 0 Å². The molecule has 0 radical (unpaired) electrons. The van der Waals surface area contributed by atoms with E-state index in [4.69, 9.17) is 4.74 Å². The van der Waals surface area contributed by atoms with Gasteiger partial charge in [0.25, 0.3) is 0 Å². The van der Waals surface area contributed by atoms with Gasteiger partial charge in [0.05, 0.1) is 7.11 Å². The van der Waals surface area contributed by atoms with Gasteiger partial charge in [-0.2, -0.15) is 0 Å². The van der Waals surface area contributed by atoms with Crippen molar-refractivity contribution in [2.75, 3.05) is 7.11 Å². The Morgan fingerprint density at radius 3 is 2.86 bits per heavy atom. The van der Waals surface area contributed by atoms with Gasteiger partial charge in [-0.05, 0) is 37.0 Å². The summed E-state index contributed by atoms with van der Waals surface area (Å²) in [5.74, 6) is 0.0149. The number of hydrogen-bond donors (Lipinski definition) is 0. The third-order valence-corrected chi connectivity index (χ3v) is 2.09. The van der Waals surface area contributed by atoms with E-state index in [2.05, 4.69) is 6.58 Å². The number of ether oxygens (including phenoxy) is 1. The zero-order chi connectivity index (χ0) is 10.4. The maximum atomic E-state index is 13.2. The average Bonchev–Trinajstić information content (AvgIpc) is 2.18. The van der Waals surface area contributed by atoms with Crippen molar-refractivity contribution < 1.29 is 9.13 Å². The first-order valence-corrected chi connectivity index (χ1v) is 4.71. The lowest BCUT2D eigenvalue weighted by atomic mass is 10.1. The van der Waals surface area contributed by atoms with Crippen LogP contribution in [0.2, 0.25) is 0 Å². The maximum absolute atomic E-state index is 13.2. The predicted molar refractivity (Wildman–Crippen MR) is 56.1 cm³/mol. The van der Waals surface area contributed by atoms with Crippen LogP contribution in [0, 0.1) is 5.82 Å². The van der Waals surface area contributed by atoms with E-state index in [1.807, 2.05) is 12.1 Å². The summed E-state index contributed by atoms with van der Waals surface area (Å²) >= 11 is 0. The minimum Gasteiger partial charge on any atom is -0.494 e. The molecule has 0 saturated heterocycles. The molecule has 0 atom stereocenters. The molecule has 14 heavy (non-hydrogen) atoms. The van der Waals surface area contributed by atoms with Crippen molar-refractivity contribution >= 4 is 0 Å². The summed E-state index contributed by atoms with van der Waals surface area (Å²) in [6, 6.07) is 5.09. The molecule has 2 heteroatoms. The van der Waals surface area contributed by atoms with Crippen LogP contribution in [-0.2, 0) is 6.42 Å². The van der Waals surface area contributed by atoms with E-state index in [1.54, 1.807) is 6.07 Å². The molecule has 0 aromatic heterocycles. The molecule has 0 amide bonds. The highest BCUT2D eigenvalue weighted by Gasteiger charge is 2.02. The zero-order valence-corrected chi connectivity index (χ0v) is 8.42.